The van der Waals surface area contributed by atoms with Crippen LogP contribution in [0.1, 0.15) is 53.4 Å². The Bertz CT molecular complexity index is 354. The molecule has 108 valence electrons. The molecule has 0 spiro atoms. The molecule has 2 unspecified atom stereocenters. The third kappa shape index (κ3) is 6.58. The minimum absolute atomic E-state index is 0.0562. The fourth-order valence-electron chi connectivity index (χ4n) is 2.09. The third-order valence-corrected chi connectivity index (χ3v) is 3.29. The molecule has 2 atom stereocenters. The van der Waals surface area contributed by atoms with Gasteiger partial charge in [-0.2, -0.15) is 0 Å². The normalized spacial score (nSPS) is 22.0. The summed E-state index contributed by atoms with van der Waals surface area (Å²) in [6, 6.07) is 0.264. The van der Waals surface area contributed by atoms with E-state index in [1.807, 2.05) is 6.92 Å². The Kier molecular flexibility index (Phi) is 6.85. The smallest absolute Gasteiger partial charge is 0.324 e. The van der Waals surface area contributed by atoms with Crippen molar-refractivity contribution in [3.8, 4) is 0 Å². The summed E-state index contributed by atoms with van der Waals surface area (Å²) >= 11 is 0. The molecule has 0 aromatic rings. The van der Waals surface area contributed by atoms with Crippen LogP contribution < -0.4 is 5.32 Å². The average Bonchev–Trinajstić information content (AvgIpc) is 3.08. The second kappa shape index (κ2) is 8.16. The molecule has 1 rings (SSSR count). The van der Waals surface area contributed by atoms with Gasteiger partial charge in [-0.15, -0.1) is 0 Å². The first-order valence-electron chi connectivity index (χ1n) is 7.26. The summed E-state index contributed by atoms with van der Waals surface area (Å²) in [6.45, 7) is 8.75. The van der Waals surface area contributed by atoms with Crippen molar-refractivity contribution in [3.63, 3.8) is 0 Å². The molecule has 1 N–H and O–H groups in total. The van der Waals surface area contributed by atoms with Crippen molar-refractivity contribution in [2.75, 3.05) is 6.61 Å². The summed E-state index contributed by atoms with van der Waals surface area (Å²) in [4.78, 5) is 11.4. The van der Waals surface area contributed by atoms with Gasteiger partial charge in [-0.05, 0) is 53.4 Å². The first-order valence-corrected chi connectivity index (χ1v) is 7.26. The fraction of sp³-hybridized carbons (Fsp3) is 0.688. The molecule has 19 heavy (non-hydrogen) atoms. The summed E-state index contributed by atoms with van der Waals surface area (Å²) in [6.07, 6.45) is 8.87. The van der Waals surface area contributed by atoms with Gasteiger partial charge in [0.15, 0.2) is 0 Å². The molecule has 0 saturated carbocycles. The van der Waals surface area contributed by atoms with Gasteiger partial charge in [-0.25, -0.2) is 0 Å². The van der Waals surface area contributed by atoms with Crippen LogP contribution in [0.25, 0.3) is 0 Å². The molecule has 1 fully saturated rings. The predicted octanol–water partition coefficient (Wildman–Crippen LogP) is 3.36. The van der Waals surface area contributed by atoms with Gasteiger partial charge < -0.3 is 4.74 Å². The molecule has 1 saturated heterocycles. The quantitative estimate of drug-likeness (QED) is 0.416. The number of hydrogen-bond acceptors (Lipinski definition) is 3. The van der Waals surface area contributed by atoms with Gasteiger partial charge in [0.1, 0.15) is 6.04 Å². The Morgan fingerprint density at radius 3 is 2.58 bits per heavy atom. The van der Waals surface area contributed by atoms with Crippen LogP contribution in [0.5, 0.6) is 0 Å². The highest BCUT2D eigenvalue weighted by Gasteiger charge is 2.42. The first kappa shape index (κ1) is 16.0. The van der Waals surface area contributed by atoms with E-state index in [2.05, 4.69) is 38.2 Å². The number of carbonyl (C=O) groups excluding carboxylic acids is 1. The summed E-state index contributed by atoms with van der Waals surface area (Å²) in [5.41, 5.74) is 2.82. The largest absolute Gasteiger partial charge is 0.465 e. The van der Waals surface area contributed by atoms with Crippen molar-refractivity contribution in [3.05, 3.63) is 23.3 Å². The van der Waals surface area contributed by atoms with Crippen molar-refractivity contribution in [2.24, 2.45) is 0 Å². The Morgan fingerprint density at radius 2 is 1.95 bits per heavy atom. The summed E-state index contributed by atoms with van der Waals surface area (Å²) < 4.78 is 4.98. The highest BCUT2D eigenvalue weighted by molar-refractivity contribution is 5.80. The lowest BCUT2D eigenvalue weighted by Gasteiger charge is -2.00. The zero-order valence-corrected chi connectivity index (χ0v) is 12.7. The minimum Gasteiger partial charge on any atom is -0.465 e. The Morgan fingerprint density at radius 1 is 1.21 bits per heavy atom. The van der Waals surface area contributed by atoms with Crippen molar-refractivity contribution in [2.45, 2.75) is 65.5 Å². The van der Waals surface area contributed by atoms with E-state index in [1.165, 1.54) is 11.1 Å². The third-order valence-electron chi connectivity index (χ3n) is 3.29. The van der Waals surface area contributed by atoms with E-state index < -0.39 is 0 Å². The van der Waals surface area contributed by atoms with E-state index in [1.54, 1.807) is 0 Å². The maximum absolute atomic E-state index is 11.4. The van der Waals surface area contributed by atoms with Crippen molar-refractivity contribution < 1.29 is 9.53 Å². The first-order chi connectivity index (χ1) is 9.04. The molecule has 0 bridgehead atoms. The van der Waals surface area contributed by atoms with E-state index in [4.69, 9.17) is 4.74 Å². The van der Waals surface area contributed by atoms with E-state index in [-0.39, 0.29) is 12.0 Å². The van der Waals surface area contributed by atoms with E-state index >= 15 is 0 Å². The van der Waals surface area contributed by atoms with Gasteiger partial charge >= 0.3 is 5.97 Å². The molecule has 3 nitrogen and oxygen atoms in total. The lowest BCUT2D eigenvalue weighted by Crippen LogP contribution is -2.14. The number of carbonyl (C=O) groups is 1. The molecule has 0 aromatic heterocycles. The molecular weight excluding hydrogens is 238 g/mol. The van der Waals surface area contributed by atoms with Crippen molar-refractivity contribution in [1.29, 1.82) is 0 Å². The maximum Gasteiger partial charge on any atom is 0.324 e. The molecule has 3 heteroatoms. The van der Waals surface area contributed by atoms with Gasteiger partial charge in [-0.3, -0.25) is 10.1 Å². The monoisotopic (exact) mass is 265 g/mol. The molecule has 0 radical (unpaired) electrons. The Hall–Kier alpha value is -1.09. The highest BCUT2D eigenvalue weighted by atomic mass is 16.5. The lowest BCUT2D eigenvalue weighted by atomic mass is 10.1. The van der Waals surface area contributed by atoms with Crippen molar-refractivity contribution in [1.82, 2.24) is 5.32 Å². The number of nitrogens with one attached hydrogen (secondary N) is 1. The number of allylic oxidation sites excluding steroid dienone is 4. The zero-order chi connectivity index (χ0) is 14.3. The lowest BCUT2D eigenvalue weighted by molar-refractivity contribution is -0.142. The molecule has 1 aliphatic heterocycles. The standard InChI is InChI=1S/C16H27NO2/c1-5-19-16(18)15-14(17-15)11-7-10-13(4)9-6-8-12(2)3/h8,10,14-15,17H,5-7,9,11H2,1-4H3/b13-10+. The Labute approximate surface area is 117 Å². The number of esters is 1. The molecule has 0 aliphatic carbocycles. The molecule has 0 amide bonds. The van der Waals surface area contributed by atoms with Gasteiger partial charge in [0.05, 0.1) is 6.61 Å². The SMILES string of the molecule is CCOC(=O)C1NC1CC/C=C(\C)CCC=C(C)C. The van der Waals surface area contributed by atoms with Crippen LogP contribution in [0, 0.1) is 0 Å². The number of ether oxygens (including phenoxy) is 1. The summed E-state index contributed by atoms with van der Waals surface area (Å²) in [5.74, 6) is -0.100. The summed E-state index contributed by atoms with van der Waals surface area (Å²) in [5, 5.41) is 3.17. The molecule has 0 aromatic carbocycles. The number of hydrogen-bond donors (Lipinski definition) is 1. The average molecular weight is 265 g/mol. The number of rotatable bonds is 8. The van der Waals surface area contributed by atoms with Crippen LogP contribution in [0.2, 0.25) is 0 Å². The van der Waals surface area contributed by atoms with Gasteiger partial charge in [-0.1, -0.05) is 23.3 Å². The second-order valence-electron chi connectivity index (χ2n) is 5.45. The van der Waals surface area contributed by atoms with E-state index in [0.717, 1.165) is 25.7 Å². The van der Waals surface area contributed by atoms with Gasteiger partial charge in [0, 0.05) is 6.04 Å². The summed E-state index contributed by atoms with van der Waals surface area (Å²) in [7, 11) is 0. The van der Waals surface area contributed by atoms with Gasteiger partial charge in [0.25, 0.3) is 0 Å². The highest BCUT2D eigenvalue weighted by Crippen LogP contribution is 2.19. The van der Waals surface area contributed by atoms with E-state index in [9.17, 15) is 4.79 Å². The van der Waals surface area contributed by atoms with Crippen LogP contribution in [0.3, 0.4) is 0 Å². The fourth-order valence-corrected chi connectivity index (χ4v) is 2.09. The molecular formula is C16H27NO2. The van der Waals surface area contributed by atoms with Crippen LogP contribution >= 0.6 is 0 Å². The minimum atomic E-state index is -0.100. The molecule has 1 heterocycles. The maximum atomic E-state index is 11.4. The van der Waals surface area contributed by atoms with Crippen LogP contribution in [-0.4, -0.2) is 24.7 Å². The predicted molar refractivity (Wildman–Crippen MR) is 79.0 cm³/mol. The second-order valence-corrected chi connectivity index (χ2v) is 5.45. The van der Waals surface area contributed by atoms with Gasteiger partial charge in [0.2, 0.25) is 0 Å². The zero-order valence-electron chi connectivity index (χ0n) is 12.7. The van der Waals surface area contributed by atoms with Crippen LogP contribution in [0.15, 0.2) is 23.3 Å². The Balaban J connectivity index is 2.14. The van der Waals surface area contributed by atoms with Crippen LogP contribution in [0.4, 0.5) is 0 Å². The van der Waals surface area contributed by atoms with Crippen molar-refractivity contribution >= 4 is 5.97 Å². The van der Waals surface area contributed by atoms with Crippen LogP contribution in [-0.2, 0) is 9.53 Å². The topological polar surface area (TPSA) is 48.2 Å². The molecule has 1 aliphatic rings. The van der Waals surface area contributed by atoms with E-state index in [0.29, 0.717) is 12.6 Å².